The van der Waals surface area contributed by atoms with Gasteiger partial charge in [0.2, 0.25) is 0 Å². The van der Waals surface area contributed by atoms with E-state index in [1.165, 1.54) is 29.6 Å². The van der Waals surface area contributed by atoms with Crippen molar-refractivity contribution < 1.29 is 10.2 Å². The van der Waals surface area contributed by atoms with Crippen molar-refractivity contribution in [1.82, 2.24) is 0 Å². The first-order valence-electron chi connectivity index (χ1n) is 13.2. The summed E-state index contributed by atoms with van der Waals surface area (Å²) in [5, 5.41) is 21.6. The predicted octanol–water partition coefficient (Wildman–Crippen LogP) is 6.92. The van der Waals surface area contributed by atoms with Crippen molar-refractivity contribution in [3.05, 3.63) is 22.8 Å². The molecule has 4 aliphatic carbocycles. The summed E-state index contributed by atoms with van der Waals surface area (Å²) < 4.78 is 0. The van der Waals surface area contributed by atoms with E-state index < -0.39 is 0 Å². The Kier molecular flexibility index (Phi) is 6.32. The lowest BCUT2D eigenvalue weighted by atomic mass is 9.47. The summed E-state index contributed by atoms with van der Waals surface area (Å²) in [4.78, 5) is 0. The van der Waals surface area contributed by atoms with E-state index in [2.05, 4.69) is 54.5 Å². The Morgan fingerprint density at radius 3 is 2.39 bits per heavy atom. The molecule has 0 heterocycles. The molecule has 0 aliphatic heterocycles. The average molecular weight is 429 g/mol. The molecule has 0 radical (unpaired) electrons. The van der Waals surface area contributed by atoms with Crippen LogP contribution in [0.1, 0.15) is 99.8 Å². The summed E-state index contributed by atoms with van der Waals surface area (Å²) in [5.74, 6) is 4.09. The van der Waals surface area contributed by atoms with Crippen molar-refractivity contribution in [3.8, 4) is 0 Å². The van der Waals surface area contributed by atoms with E-state index in [0.717, 1.165) is 44.4 Å². The number of fused-ring (bicyclic) bond motifs is 5. The van der Waals surface area contributed by atoms with Crippen LogP contribution in [-0.4, -0.2) is 22.4 Å². The second kappa shape index (κ2) is 8.32. The highest BCUT2D eigenvalue weighted by Crippen LogP contribution is 2.66. The van der Waals surface area contributed by atoms with Crippen molar-refractivity contribution in [3.63, 3.8) is 0 Å². The monoisotopic (exact) mass is 428 g/mol. The third-order valence-corrected chi connectivity index (χ3v) is 10.9. The van der Waals surface area contributed by atoms with Gasteiger partial charge in [-0.25, -0.2) is 0 Å². The zero-order valence-corrected chi connectivity index (χ0v) is 21.2. The zero-order chi connectivity index (χ0) is 22.7. The third kappa shape index (κ3) is 3.78. The van der Waals surface area contributed by atoms with Gasteiger partial charge >= 0.3 is 0 Å². The molecule has 2 heteroatoms. The Morgan fingerprint density at radius 2 is 1.71 bits per heavy atom. The minimum Gasteiger partial charge on any atom is -0.393 e. The highest BCUT2D eigenvalue weighted by atomic mass is 16.3. The number of aliphatic hydroxyl groups excluding tert-OH is 2. The maximum Gasteiger partial charge on any atom is 0.0761 e. The Hall–Kier alpha value is -0.600. The molecule has 0 bridgehead atoms. The number of hydrogen-bond donors (Lipinski definition) is 2. The minimum atomic E-state index is -0.248. The van der Waals surface area contributed by atoms with Crippen LogP contribution in [0.2, 0.25) is 0 Å². The molecular formula is C29H48O2. The SMILES string of the molecule is C/C(C[C@@H](C)[C@H](C)C(C)C)=C1/[C@@H](O)C[C@H]2[C@@H]3CC=C4C[C@@H](O)CC[C@]4(C)[C@H]3CC[C@]12C. The van der Waals surface area contributed by atoms with Crippen molar-refractivity contribution in [2.24, 2.45) is 46.3 Å². The number of rotatable bonds is 4. The number of allylic oxidation sites excluding steroid dienone is 2. The van der Waals surface area contributed by atoms with Crippen LogP contribution in [0.5, 0.6) is 0 Å². The predicted molar refractivity (Wildman–Crippen MR) is 130 cm³/mol. The Bertz CT molecular complexity index is 748. The molecular weight excluding hydrogens is 380 g/mol. The lowest BCUT2D eigenvalue weighted by Crippen LogP contribution is -2.49. The molecule has 0 saturated heterocycles. The van der Waals surface area contributed by atoms with Crippen LogP contribution in [0.3, 0.4) is 0 Å². The topological polar surface area (TPSA) is 40.5 Å². The summed E-state index contributed by atoms with van der Waals surface area (Å²) in [7, 11) is 0. The number of aliphatic hydroxyl groups is 2. The number of hydrogen-bond acceptors (Lipinski definition) is 2. The van der Waals surface area contributed by atoms with Gasteiger partial charge in [-0.2, -0.15) is 0 Å². The Balaban J connectivity index is 1.61. The van der Waals surface area contributed by atoms with E-state index in [-0.39, 0.29) is 23.0 Å². The molecule has 0 amide bonds. The first kappa shape index (κ1) is 23.6. The van der Waals surface area contributed by atoms with E-state index in [4.69, 9.17) is 0 Å². The van der Waals surface area contributed by atoms with Gasteiger partial charge in [0.25, 0.3) is 0 Å². The second-order valence-corrected chi connectivity index (χ2v) is 12.8. The summed E-state index contributed by atoms with van der Waals surface area (Å²) in [6.07, 6.45) is 10.8. The van der Waals surface area contributed by atoms with Crippen LogP contribution in [0.15, 0.2) is 22.8 Å². The highest BCUT2D eigenvalue weighted by Gasteiger charge is 2.59. The fraction of sp³-hybridized carbons (Fsp3) is 0.862. The van der Waals surface area contributed by atoms with Gasteiger partial charge in [-0.05, 0) is 110 Å². The molecule has 3 saturated carbocycles. The molecule has 0 unspecified atom stereocenters. The van der Waals surface area contributed by atoms with Gasteiger partial charge in [0.1, 0.15) is 0 Å². The Morgan fingerprint density at radius 1 is 1.03 bits per heavy atom. The van der Waals surface area contributed by atoms with Gasteiger partial charge < -0.3 is 10.2 Å². The van der Waals surface area contributed by atoms with Crippen LogP contribution in [-0.2, 0) is 0 Å². The minimum absolute atomic E-state index is 0.134. The first-order chi connectivity index (χ1) is 14.5. The standard InChI is InChI=1S/C29H48O2/c1-17(2)20(5)18(3)14-19(4)27-26(31)16-25-23-9-8-21-15-22(30)10-12-28(21,6)24(23)11-13-29(25,27)7/h8,17-18,20,22-26,30-31H,9-16H2,1-7H3/b27-19+/t18-,20-,22+,23-,24+,25+,26+,28+,29+/m1/s1. The third-order valence-electron chi connectivity index (χ3n) is 10.9. The van der Waals surface area contributed by atoms with E-state index in [1.807, 2.05) is 0 Å². The van der Waals surface area contributed by atoms with Gasteiger partial charge in [-0.3, -0.25) is 0 Å². The van der Waals surface area contributed by atoms with Crippen LogP contribution >= 0.6 is 0 Å². The van der Waals surface area contributed by atoms with Crippen molar-refractivity contribution in [1.29, 1.82) is 0 Å². The van der Waals surface area contributed by atoms with Gasteiger partial charge in [-0.1, -0.05) is 58.8 Å². The fourth-order valence-electron chi connectivity index (χ4n) is 8.68. The summed E-state index contributed by atoms with van der Waals surface area (Å²) in [6.45, 7) is 16.8. The van der Waals surface area contributed by atoms with Crippen molar-refractivity contribution in [2.45, 2.75) is 112 Å². The molecule has 2 N–H and O–H groups in total. The first-order valence-corrected chi connectivity index (χ1v) is 13.2. The van der Waals surface area contributed by atoms with Gasteiger partial charge in [-0.15, -0.1) is 0 Å². The molecule has 9 atom stereocenters. The lowest BCUT2D eigenvalue weighted by molar-refractivity contribution is -0.0280. The molecule has 4 rings (SSSR count). The van der Waals surface area contributed by atoms with Crippen molar-refractivity contribution in [2.75, 3.05) is 0 Å². The highest BCUT2D eigenvalue weighted by molar-refractivity contribution is 5.34. The van der Waals surface area contributed by atoms with E-state index in [0.29, 0.717) is 29.6 Å². The van der Waals surface area contributed by atoms with E-state index in [9.17, 15) is 10.2 Å². The molecule has 2 nitrogen and oxygen atoms in total. The normalized spacial score (nSPS) is 46.0. The molecule has 176 valence electrons. The molecule has 3 fully saturated rings. The van der Waals surface area contributed by atoms with Crippen LogP contribution in [0.4, 0.5) is 0 Å². The Labute approximate surface area is 191 Å². The fourth-order valence-corrected chi connectivity index (χ4v) is 8.68. The van der Waals surface area contributed by atoms with Crippen LogP contribution in [0.25, 0.3) is 0 Å². The van der Waals surface area contributed by atoms with Crippen molar-refractivity contribution >= 4 is 0 Å². The van der Waals surface area contributed by atoms with Gasteiger partial charge in [0.15, 0.2) is 0 Å². The lowest BCUT2D eigenvalue weighted by Gasteiger charge is -2.57. The maximum atomic E-state index is 11.3. The van der Waals surface area contributed by atoms with Gasteiger partial charge in [0.05, 0.1) is 12.2 Å². The molecule has 0 aromatic heterocycles. The second-order valence-electron chi connectivity index (χ2n) is 12.8. The van der Waals surface area contributed by atoms with Crippen LogP contribution in [0, 0.1) is 46.3 Å². The largest absolute Gasteiger partial charge is 0.393 e. The van der Waals surface area contributed by atoms with Gasteiger partial charge in [0, 0.05) is 0 Å². The summed E-state index contributed by atoms with van der Waals surface area (Å²) >= 11 is 0. The molecule has 0 spiro atoms. The molecule has 4 aliphatic rings. The smallest absolute Gasteiger partial charge is 0.0761 e. The average Bonchev–Trinajstić information content (AvgIpc) is 2.97. The van der Waals surface area contributed by atoms with E-state index >= 15 is 0 Å². The zero-order valence-electron chi connectivity index (χ0n) is 21.2. The van der Waals surface area contributed by atoms with E-state index in [1.54, 1.807) is 0 Å². The maximum absolute atomic E-state index is 11.3. The summed E-state index contributed by atoms with van der Waals surface area (Å²) in [5.41, 5.74) is 4.88. The quantitative estimate of drug-likeness (QED) is 0.477. The molecule has 0 aromatic rings. The van der Waals surface area contributed by atoms with Crippen LogP contribution < -0.4 is 0 Å². The molecule has 31 heavy (non-hydrogen) atoms. The molecule has 0 aromatic carbocycles. The summed E-state index contributed by atoms with van der Waals surface area (Å²) in [6, 6.07) is 0.